The van der Waals surface area contributed by atoms with Crippen molar-refractivity contribution < 1.29 is 0 Å². The van der Waals surface area contributed by atoms with Crippen LogP contribution in [0.1, 0.15) is 20.3 Å². The van der Waals surface area contributed by atoms with Gasteiger partial charge < -0.3 is 5.32 Å². The minimum atomic E-state index is 0.400. The molecular formula is C13H15BrCl2N2S. The van der Waals surface area contributed by atoms with E-state index in [1.807, 2.05) is 12.1 Å². The molecule has 0 fully saturated rings. The largest absolute Gasteiger partial charge is 0.334 e. The number of nitrogens with one attached hydrogen (secondary N) is 1. The van der Waals surface area contributed by atoms with Gasteiger partial charge in [0.15, 0.2) is 5.17 Å². The van der Waals surface area contributed by atoms with E-state index in [1.54, 1.807) is 11.8 Å². The molecule has 1 unspecified atom stereocenters. The van der Waals surface area contributed by atoms with E-state index in [0.717, 1.165) is 27.5 Å². The topological polar surface area (TPSA) is 24.4 Å². The number of hydrogen-bond acceptors (Lipinski definition) is 3. The molecule has 1 N–H and O–H groups in total. The van der Waals surface area contributed by atoms with Gasteiger partial charge in [0.05, 0.1) is 21.8 Å². The Morgan fingerprint density at radius 2 is 2.16 bits per heavy atom. The molecule has 0 bridgehead atoms. The number of benzene rings is 1. The molecule has 1 aliphatic heterocycles. The normalized spacial score (nSPS) is 18.8. The van der Waals surface area contributed by atoms with Gasteiger partial charge in [0.2, 0.25) is 0 Å². The molecule has 0 amide bonds. The molecule has 2 rings (SSSR count). The first-order chi connectivity index (χ1) is 8.97. The van der Waals surface area contributed by atoms with E-state index < -0.39 is 0 Å². The lowest BCUT2D eigenvalue weighted by Gasteiger charge is -2.09. The van der Waals surface area contributed by atoms with Crippen molar-refractivity contribution in [3.63, 3.8) is 0 Å². The highest BCUT2D eigenvalue weighted by molar-refractivity contribution is 9.10. The maximum absolute atomic E-state index is 6.21. The van der Waals surface area contributed by atoms with E-state index in [1.165, 1.54) is 0 Å². The fraction of sp³-hybridized carbons (Fsp3) is 0.462. The molecule has 0 spiro atoms. The van der Waals surface area contributed by atoms with Crippen LogP contribution in [0.15, 0.2) is 21.6 Å². The molecule has 0 radical (unpaired) electrons. The molecule has 1 aromatic rings. The molecule has 0 saturated carbocycles. The number of thioether (sulfide) groups is 1. The zero-order valence-electron chi connectivity index (χ0n) is 10.7. The van der Waals surface area contributed by atoms with Crippen molar-refractivity contribution in [3.8, 4) is 0 Å². The van der Waals surface area contributed by atoms with Crippen LogP contribution >= 0.6 is 50.9 Å². The minimum absolute atomic E-state index is 0.400. The van der Waals surface area contributed by atoms with Crippen LogP contribution in [0.5, 0.6) is 0 Å². The number of halogens is 3. The zero-order chi connectivity index (χ0) is 14.0. The fourth-order valence-corrected chi connectivity index (χ4v) is 3.67. The number of aliphatic imine (C=N–C) groups is 1. The second-order valence-electron chi connectivity index (χ2n) is 4.88. The van der Waals surface area contributed by atoms with Gasteiger partial charge in [-0.3, -0.25) is 4.99 Å². The van der Waals surface area contributed by atoms with Crippen molar-refractivity contribution in [2.75, 3.05) is 11.1 Å². The van der Waals surface area contributed by atoms with Gasteiger partial charge in [-0.1, -0.05) is 48.8 Å². The van der Waals surface area contributed by atoms with Crippen molar-refractivity contribution in [1.82, 2.24) is 0 Å². The van der Waals surface area contributed by atoms with Crippen LogP contribution in [0.4, 0.5) is 5.69 Å². The Morgan fingerprint density at radius 1 is 1.42 bits per heavy atom. The zero-order valence-corrected chi connectivity index (χ0v) is 14.6. The van der Waals surface area contributed by atoms with Gasteiger partial charge in [0.1, 0.15) is 0 Å². The van der Waals surface area contributed by atoms with Crippen molar-refractivity contribution in [2.24, 2.45) is 10.9 Å². The van der Waals surface area contributed by atoms with Crippen LogP contribution in [0.25, 0.3) is 0 Å². The number of rotatable bonds is 3. The van der Waals surface area contributed by atoms with Gasteiger partial charge in [-0.25, -0.2) is 0 Å². The van der Waals surface area contributed by atoms with Crippen LogP contribution in [0.3, 0.4) is 0 Å². The smallest absolute Gasteiger partial charge is 0.161 e. The summed E-state index contributed by atoms with van der Waals surface area (Å²) < 4.78 is 0.795. The van der Waals surface area contributed by atoms with Gasteiger partial charge in [0, 0.05) is 10.2 Å². The fourth-order valence-electron chi connectivity index (χ4n) is 1.89. The van der Waals surface area contributed by atoms with Crippen molar-refractivity contribution in [1.29, 1.82) is 0 Å². The predicted molar refractivity (Wildman–Crippen MR) is 90.9 cm³/mol. The van der Waals surface area contributed by atoms with Crippen LogP contribution < -0.4 is 5.32 Å². The third-order valence-corrected chi connectivity index (χ3v) is 5.54. The molecule has 1 heterocycles. The summed E-state index contributed by atoms with van der Waals surface area (Å²) in [5.41, 5.74) is 0.798. The Bertz CT molecular complexity index is 506. The molecule has 0 saturated heterocycles. The third kappa shape index (κ3) is 4.03. The van der Waals surface area contributed by atoms with E-state index in [9.17, 15) is 0 Å². The van der Waals surface area contributed by atoms with E-state index in [-0.39, 0.29) is 0 Å². The quantitative estimate of drug-likeness (QED) is 0.680. The number of hydrogen-bond donors (Lipinski definition) is 1. The van der Waals surface area contributed by atoms with Crippen molar-refractivity contribution in [2.45, 2.75) is 26.3 Å². The van der Waals surface area contributed by atoms with Crippen molar-refractivity contribution >= 4 is 61.7 Å². The predicted octanol–water partition coefficient (Wildman–Crippen LogP) is 5.69. The van der Waals surface area contributed by atoms with E-state index >= 15 is 0 Å². The monoisotopic (exact) mass is 380 g/mol. The molecule has 1 atom stereocenters. The highest BCUT2D eigenvalue weighted by Gasteiger charge is 2.20. The first kappa shape index (κ1) is 15.5. The molecule has 0 aromatic heterocycles. The Balaban J connectivity index is 2.08. The van der Waals surface area contributed by atoms with E-state index in [2.05, 4.69) is 40.1 Å². The summed E-state index contributed by atoms with van der Waals surface area (Å²) >= 11 is 17.4. The van der Waals surface area contributed by atoms with Crippen LogP contribution in [-0.2, 0) is 0 Å². The maximum atomic E-state index is 6.21. The Morgan fingerprint density at radius 3 is 2.84 bits per heavy atom. The molecule has 2 nitrogen and oxygen atoms in total. The first-order valence-corrected chi connectivity index (χ1v) is 8.62. The summed E-state index contributed by atoms with van der Waals surface area (Å²) in [7, 11) is 0. The average Bonchev–Trinajstić information content (AvgIpc) is 2.76. The molecule has 0 aliphatic carbocycles. The molecular weight excluding hydrogens is 367 g/mol. The Hall–Kier alpha value is 0.1000. The third-order valence-electron chi connectivity index (χ3n) is 2.73. The summed E-state index contributed by atoms with van der Waals surface area (Å²) in [5, 5.41) is 5.22. The highest BCUT2D eigenvalue weighted by atomic mass is 79.9. The number of anilines is 1. The average molecular weight is 382 g/mol. The number of amidine groups is 1. The van der Waals surface area contributed by atoms with Gasteiger partial charge in [0.25, 0.3) is 0 Å². The summed E-state index contributed by atoms with van der Waals surface area (Å²) in [6.07, 6.45) is 1.12. The lowest BCUT2D eigenvalue weighted by molar-refractivity contribution is 0.529. The maximum Gasteiger partial charge on any atom is 0.161 e. The van der Waals surface area contributed by atoms with Gasteiger partial charge in [-0.2, -0.15) is 0 Å². The molecule has 1 aliphatic rings. The van der Waals surface area contributed by atoms with E-state index in [0.29, 0.717) is 22.0 Å². The summed E-state index contributed by atoms with van der Waals surface area (Å²) in [6.45, 7) is 4.44. The molecule has 19 heavy (non-hydrogen) atoms. The summed E-state index contributed by atoms with van der Waals surface area (Å²) in [4.78, 5) is 4.67. The Labute approximate surface area is 136 Å². The van der Waals surface area contributed by atoms with Crippen molar-refractivity contribution in [3.05, 3.63) is 26.7 Å². The first-order valence-electron chi connectivity index (χ1n) is 6.08. The van der Waals surface area contributed by atoms with Gasteiger partial charge >= 0.3 is 0 Å². The van der Waals surface area contributed by atoms with Crippen LogP contribution in [0.2, 0.25) is 10.0 Å². The second kappa shape index (κ2) is 6.70. The van der Waals surface area contributed by atoms with Crippen LogP contribution in [0, 0.1) is 5.92 Å². The van der Waals surface area contributed by atoms with Crippen LogP contribution in [-0.4, -0.2) is 17.0 Å². The standard InChI is InChI=1S/C13H15BrCl2N2S/c1-7(2)5-8-6-19-13(17-8)18-10-4-3-9(14)11(15)12(10)16/h3-4,7-8H,5-6H2,1-2H3,(H,17,18). The molecule has 6 heteroatoms. The van der Waals surface area contributed by atoms with E-state index in [4.69, 9.17) is 23.2 Å². The summed E-state index contributed by atoms with van der Waals surface area (Å²) in [5.74, 6) is 1.70. The number of nitrogens with zero attached hydrogens (tertiary/aromatic N) is 1. The SMILES string of the molecule is CC(C)CC1CSC(Nc2ccc(Br)c(Cl)c2Cl)=N1. The lowest BCUT2D eigenvalue weighted by atomic mass is 10.1. The minimum Gasteiger partial charge on any atom is -0.334 e. The van der Waals surface area contributed by atoms with Gasteiger partial charge in [-0.05, 0) is 40.4 Å². The molecule has 104 valence electrons. The second-order valence-corrected chi connectivity index (χ2v) is 7.50. The Kier molecular flexibility index (Phi) is 5.46. The highest BCUT2D eigenvalue weighted by Crippen LogP contribution is 2.36. The summed E-state index contributed by atoms with van der Waals surface area (Å²) in [6, 6.07) is 4.18. The van der Waals surface area contributed by atoms with Gasteiger partial charge in [-0.15, -0.1) is 0 Å². The lowest BCUT2D eigenvalue weighted by Crippen LogP contribution is -2.08. The molecule has 1 aromatic carbocycles.